The van der Waals surface area contributed by atoms with Crippen molar-refractivity contribution in [3.63, 3.8) is 0 Å². The molecule has 2 rings (SSSR count). The van der Waals surface area contributed by atoms with Crippen LogP contribution in [0.3, 0.4) is 0 Å². The maximum atomic E-state index is 5.46. The Balaban J connectivity index is 2.12. The molecule has 0 saturated heterocycles. The van der Waals surface area contributed by atoms with Crippen LogP contribution in [0, 0.1) is 13.8 Å². The second-order valence-corrected chi connectivity index (χ2v) is 5.19. The number of nitrogens with one attached hydrogen (secondary N) is 1. The average Bonchev–Trinajstić information content (AvgIpc) is 2.58. The van der Waals surface area contributed by atoms with Crippen molar-refractivity contribution in [1.29, 1.82) is 0 Å². The lowest BCUT2D eigenvalue weighted by Gasteiger charge is -2.13. The number of benzene rings is 1. The summed E-state index contributed by atoms with van der Waals surface area (Å²) < 4.78 is 0. The van der Waals surface area contributed by atoms with E-state index in [0.717, 1.165) is 28.1 Å². The molecule has 1 aromatic heterocycles. The number of nitrogens with zero attached hydrogens (tertiary/aromatic N) is 3. The molecule has 6 heteroatoms. The molecule has 1 heterocycles. The van der Waals surface area contributed by atoms with Crippen molar-refractivity contribution in [2.75, 3.05) is 14.2 Å². The lowest BCUT2D eigenvalue weighted by molar-refractivity contribution is 0.130. The number of amidine groups is 1. The number of hydrogen-bond acceptors (Lipinski definition) is 5. The molecule has 0 saturated carbocycles. The Morgan fingerprint density at radius 1 is 1.21 bits per heavy atom. The lowest BCUT2D eigenvalue weighted by Crippen LogP contribution is -2.24. The van der Waals surface area contributed by atoms with E-state index in [4.69, 9.17) is 9.68 Å². The van der Waals surface area contributed by atoms with Crippen LogP contribution in [0.4, 0.5) is 0 Å². The molecule has 0 bridgehead atoms. The Morgan fingerprint density at radius 2 is 2.00 bits per heavy atom. The number of rotatable bonds is 6. The number of hydroxylamine groups is 1. The summed E-state index contributed by atoms with van der Waals surface area (Å²) in [6, 6.07) is 11.7. The quantitative estimate of drug-likeness (QED) is 0.503. The van der Waals surface area contributed by atoms with Gasteiger partial charge in [-0.3, -0.25) is 14.8 Å². The third-order valence-electron chi connectivity index (χ3n) is 3.47. The van der Waals surface area contributed by atoms with Gasteiger partial charge >= 0.3 is 0 Å². The number of oxime groups is 1. The zero-order chi connectivity index (χ0) is 17.4. The van der Waals surface area contributed by atoms with Gasteiger partial charge < -0.3 is 4.84 Å². The number of hydrogen-bond donors (Lipinski definition) is 1. The van der Waals surface area contributed by atoms with E-state index in [1.807, 2.05) is 50.2 Å². The zero-order valence-electron chi connectivity index (χ0n) is 14.4. The van der Waals surface area contributed by atoms with Crippen molar-refractivity contribution in [3.05, 3.63) is 64.5 Å². The Morgan fingerprint density at radius 3 is 2.71 bits per heavy atom. The molecule has 0 aliphatic carbocycles. The third-order valence-corrected chi connectivity index (χ3v) is 3.47. The first-order valence-electron chi connectivity index (χ1n) is 7.59. The van der Waals surface area contributed by atoms with Gasteiger partial charge in [0, 0.05) is 23.9 Å². The van der Waals surface area contributed by atoms with Gasteiger partial charge in [0.2, 0.25) is 0 Å². The van der Waals surface area contributed by atoms with Crippen molar-refractivity contribution in [1.82, 2.24) is 10.5 Å². The van der Waals surface area contributed by atoms with Crippen molar-refractivity contribution in [3.8, 4) is 0 Å². The van der Waals surface area contributed by atoms with Gasteiger partial charge in [0.25, 0.3) is 0 Å². The highest BCUT2D eigenvalue weighted by Crippen LogP contribution is 2.16. The first-order chi connectivity index (χ1) is 11.7. The predicted octanol–water partition coefficient (Wildman–Crippen LogP) is 2.78. The first kappa shape index (κ1) is 17.6. The third kappa shape index (κ3) is 4.63. The molecule has 0 aliphatic rings. The monoisotopic (exact) mass is 326 g/mol. The highest BCUT2D eigenvalue weighted by atomic mass is 16.6. The molecule has 2 aromatic rings. The summed E-state index contributed by atoms with van der Waals surface area (Å²) in [6.07, 6.45) is 1.60. The Labute approximate surface area is 142 Å². The largest absolute Gasteiger partial charge is 0.391 e. The second-order valence-electron chi connectivity index (χ2n) is 5.19. The molecule has 0 aliphatic heterocycles. The van der Waals surface area contributed by atoms with Gasteiger partial charge in [0.05, 0.1) is 19.0 Å². The van der Waals surface area contributed by atoms with Gasteiger partial charge in [0.1, 0.15) is 6.61 Å². The van der Waals surface area contributed by atoms with E-state index in [9.17, 15) is 0 Å². The van der Waals surface area contributed by atoms with Crippen molar-refractivity contribution in [2.24, 2.45) is 10.1 Å². The summed E-state index contributed by atoms with van der Waals surface area (Å²) in [5.41, 5.74) is 7.49. The summed E-state index contributed by atoms with van der Waals surface area (Å²) in [4.78, 5) is 19.0. The summed E-state index contributed by atoms with van der Waals surface area (Å²) in [5.74, 6) is 0.643. The average molecular weight is 326 g/mol. The Kier molecular flexibility index (Phi) is 6.45. The van der Waals surface area contributed by atoms with E-state index in [-0.39, 0.29) is 0 Å². The zero-order valence-corrected chi connectivity index (χ0v) is 14.4. The van der Waals surface area contributed by atoms with Gasteiger partial charge in [-0.25, -0.2) is 5.48 Å². The van der Waals surface area contributed by atoms with E-state index < -0.39 is 0 Å². The van der Waals surface area contributed by atoms with E-state index in [0.29, 0.717) is 12.4 Å². The molecule has 24 heavy (non-hydrogen) atoms. The maximum absolute atomic E-state index is 5.46. The van der Waals surface area contributed by atoms with Crippen LogP contribution in [-0.2, 0) is 16.3 Å². The second kappa shape index (κ2) is 8.79. The molecule has 126 valence electrons. The van der Waals surface area contributed by atoms with Gasteiger partial charge in [0.15, 0.2) is 5.84 Å². The van der Waals surface area contributed by atoms with Crippen LogP contribution in [0.2, 0.25) is 0 Å². The molecule has 0 fully saturated rings. The SMILES string of the molecule is CN=C(NOC)c1cccc(C)c1CO/N=C/c1cccc(C)n1. The van der Waals surface area contributed by atoms with E-state index in [2.05, 4.69) is 20.6 Å². The fourth-order valence-electron chi connectivity index (χ4n) is 2.26. The van der Waals surface area contributed by atoms with E-state index >= 15 is 0 Å². The highest BCUT2D eigenvalue weighted by Gasteiger charge is 2.11. The van der Waals surface area contributed by atoms with Gasteiger partial charge in [-0.05, 0) is 31.5 Å². The van der Waals surface area contributed by atoms with Crippen molar-refractivity contribution >= 4 is 12.1 Å². The van der Waals surface area contributed by atoms with Crippen molar-refractivity contribution < 1.29 is 9.68 Å². The van der Waals surface area contributed by atoms with Crippen LogP contribution in [-0.4, -0.2) is 31.2 Å². The lowest BCUT2D eigenvalue weighted by atomic mass is 10.0. The number of aromatic nitrogens is 1. The molecule has 0 amide bonds. The van der Waals surface area contributed by atoms with Crippen LogP contribution >= 0.6 is 0 Å². The summed E-state index contributed by atoms with van der Waals surface area (Å²) >= 11 is 0. The van der Waals surface area contributed by atoms with Crippen molar-refractivity contribution in [2.45, 2.75) is 20.5 Å². The standard InChI is InChI=1S/C18H22N4O2/c1-13-7-5-10-16(18(19-3)22-23-4)17(13)12-24-20-11-15-9-6-8-14(2)21-15/h5-11H,12H2,1-4H3,(H,19,22)/b20-11+. The molecule has 6 nitrogen and oxygen atoms in total. The topological polar surface area (TPSA) is 68.1 Å². The normalized spacial score (nSPS) is 11.8. The minimum absolute atomic E-state index is 0.328. The Bertz CT molecular complexity index is 742. The molecule has 0 unspecified atom stereocenters. The number of pyridine rings is 1. The van der Waals surface area contributed by atoms with Crippen LogP contribution in [0.1, 0.15) is 28.1 Å². The molecular weight excluding hydrogens is 304 g/mol. The summed E-state index contributed by atoms with van der Waals surface area (Å²) in [6.45, 7) is 4.29. The molecule has 0 spiro atoms. The van der Waals surface area contributed by atoms with E-state index in [1.54, 1.807) is 20.4 Å². The number of aryl methyl sites for hydroxylation is 2. The van der Waals surface area contributed by atoms with E-state index in [1.165, 1.54) is 0 Å². The minimum Gasteiger partial charge on any atom is -0.391 e. The molecule has 0 radical (unpaired) electrons. The molecule has 0 atom stereocenters. The predicted molar refractivity (Wildman–Crippen MR) is 95.1 cm³/mol. The molecular formula is C18H22N4O2. The van der Waals surface area contributed by atoms with Crippen LogP contribution in [0.25, 0.3) is 0 Å². The van der Waals surface area contributed by atoms with Crippen LogP contribution in [0.5, 0.6) is 0 Å². The molecule has 1 N–H and O–H groups in total. The fourth-order valence-corrected chi connectivity index (χ4v) is 2.26. The van der Waals surface area contributed by atoms with Gasteiger partial charge in [-0.1, -0.05) is 29.4 Å². The maximum Gasteiger partial charge on any atom is 0.152 e. The minimum atomic E-state index is 0.328. The number of aliphatic imine (C=N–C) groups is 1. The first-order valence-corrected chi connectivity index (χ1v) is 7.59. The summed E-state index contributed by atoms with van der Waals surface area (Å²) in [7, 11) is 3.26. The van der Waals surface area contributed by atoms with Crippen LogP contribution < -0.4 is 5.48 Å². The summed E-state index contributed by atoms with van der Waals surface area (Å²) in [5, 5.41) is 4.01. The highest BCUT2D eigenvalue weighted by molar-refractivity contribution is 5.99. The fraction of sp³-hybridized carbons (Fsp3) is 0.278. The van der Waals surface area contributed by atoms with Gasteiger partial charge in [-0.2, -0.15) is 0 Å². The molecule has 1 aromatic carbocycles. The van der Waals surface area contributed by atoms with Gasteiger partial charge in [-0.15, -0.1) is 0 Å². The Hall–Kier alpha value is -2.73. The smallest absolute Gasteiger partial charge is 0.152 e. The van der Waals surface area contributed by atoms with Crippen LogP contribution in [0.15, 0.2) is 46.5 Å².